The summed E-state index contributed by atoms with van der Waals surface area (Å²) in [6.45, 7) is 0.142. The van der Waals surface area contributed by atoms with Gasteiger partial charge >= 0.3 is 0 Å². The highest BCUT2D eigenvalue weighted by Gasteiger charge is 2.15. The number of nitrogen functional groups attached to an aromatic ring is 1. The Bertz CT molecular complexity index is 624. The number of halogens is 2. The molecule has 0 saturated carbocycles. The number of benzene rings is 2. The van der Waals surface area contributed by atoms with Gasteiger partial charge in [-0.15, -0.1) is 0 Å². The molecule has 0 aromatic heterocycles. The summed E-state index contributed by atoms with van der Waals surface area (Å²) in [4.78, 5) is 0. The van der Waals surface area contributed by atoms with Gasteiger partial charge in [-0.3, -0.25) is 0 Å². The first-order valence-corrected chi connectivity index (χ1v) is 5.54. The predicted molar refractivity (Wildman–Crippen MR) is 66.6 cm³/mol. The van der Waals surface area contributed by atoms with Crippen LogP contribution in [0.4, 0.5) is 25.8 Å². The zero-order valence-corrected chi connectivity index (χ0v) is 9.74. The second-order valence-electron chi connectivity index (χ2n) is 4.05. The maximum atomic E-state index is 13.6. The van der Waals surface area contributed by atoms with E-state index in [-0.39, 0.29) is 18.2 Å². The number of ether oxygens (including phenoxy) is 2. The molecule has 1 aliphatic rings. The Hall–Kier alpha value is -2.50. The summed E-state index contributed by atoms with van der Waals surface area (Å²) in [7, 11) is 0. The molecule has 1 aliphatic heterocycles. The van der Waals surface area contributed by atoms with Crippen molar-refractivity contribution in [3.63, 3.8) is 0 Å². The third kappa shape index (κ3) is 2.12. The van der Waals surface area contributed by atoms with Crippen LogP contribution in [-0.2, 0) is 0 Å². The first-order chi connectivity index (χ1) is 9.13. The fourth-order valence-corrected chi connectivity index (χ4v) is 1.83. The number of nitrogens with two attached hydrogens (primary N) is 1. The van der Waals surface area contributed by atoms with Gasteiger partial charge in [0.15, 0.2) is 23.1 Å². The highest BCUT2D eigenvalue weighted by Crippen LogP contribution is 2.35. The van der Waals surface area contributed by atoms with Gasteiger partial charge in [-0.25, -0.2) is 8.78 Å². The van der Waals surface area contributed by atoms with E-state index >= 15 is 0 Å². The summed E-state index contributed by atoms with van der Waals surface area (Å²) in [5, 5.41) is 2.66. The number of anilines is 3. The molecule has 0 amide bonds. The molecule has 3 rings (SSSR count). The van der Waals surface area contributed by atoms with E-state index in [1.807, 2.05) is 0 Å². The van der Waals surface area contributed by atoms with Gasteiger partial charge in [-0.1, -0.05) is 0 Å². The minimum atomic E-state index is -0.754. The summed E-state index contributed by atoms with van der Waals surface area (Å²) in [6, 6.07) is 7.02. The molecule has 0 fully saturated rings. The van der Waals surface area contributed by atoms with Crippen LogP contribution >= 0.6 is 0 Å². The van der Waals surface area contributed by atoms with Gasteiger partial charge in [-0.05, 0) is 24.3 Å². The van der Waals surface area contributed by atoms with Crippen molar-refractivity contribution < 1.29 is 18.3 Å². The van der Waals surface area contributed by atoms with Crippen molar-refractivity contribution in [1.29, 1.82) is 0 Å². The van der Waals surface area contributed by atoms with Gasteiger partial charge < -0.3 is 20.5 Å². The van der Waals surface area contributed by atoms with Gasteiger partial charge in [0, 0.05) is 17.4 Å². The van der Waals surface area contributed by atoms with Crippen LogP contribution in [0.2, 0.25) is 0 Å². The molecule has 6 heteroatoms. The fourth-order valence-electron chi connectivity index (χ4n) is 1.83. The first kappa shape index (κ1) is 11.6. The zero-order chi connectivity index (χ0) is 13.4. The average Bonchev–Trinajstić information content (AvgIpc) is 2.81. The third-order valence-electron chi connectivity index (χ3n) is 2.71. The van der Waals surface area contributed by atoms with Crippen molar-refractivity contribution >= 4 is 17.1 Å². The van der Waals surface area contributed by atoms with Crippen LogP contribution in [0, 0.1) is 11.6 Å². The van der Waals surface area contributed by atoms with Crippen LogP contribution in [0.25, 0.3) is 0 Å². The van der Waals surface area contributed by atoms with Gasteiger partial charge in [0.05, 0.1) is 0 Å². The van der Waals surface area contributed by atoms with Crippen molar-refractivity contribution in [2.24, 2.45) is 0 Å². The molecule has 2 aromatic rings. The van der Waals surface area contributed by atoms with E-state index in [4.69, 9.17) is 15.2 Å². The SMILES string of the molecule is Nc1cc(F)c(Nc2ccc3c(c2)OCO3)c(F)c1. The summed E-state index contributed by atoms with van der Waals surface area (Å²) in [6.07, 6.45) is 0. The molecule has 0 bridgehead atoms. The third-order valence-corrected chi connectivity index (χ3v) is 2.71. The Balaban J connectivity index is 1.93. The van der Waals surface area contributed by atoms with Crippen molar-refractivity contribution in [2.75, 3.05) is 17.8 Å². The van der Waals surface area contributed by atoms with Crippen LogP contribution in [0.3, 0.4) is 0 Å². The number of nitrogens with one attached hydrogen (secondary N) is 1. The monoisotopic (exact) mass is 264 g/mol. The maximum Gasteiger partial charge on any atom is 0.231 e. The zero-order valence-electron chi connectivity index (χ0n) is 9.74. The van der Waals surface area contributed by atoms with E-state index in [1.54, 1.807) is 18.2 Å². The molecule has 3 N–H and O–H groups in total. The minimum Gasteiger partial charge on any atom is -0.454 e. The van der Waals surface area contributed by atoms with Crippen LogP contribution < -0.4 is 20.5 Å². The van der Waals surface area contributed by atoms with E-state index < -0.39 is 11.6 Å². The van der Waals surface area contributed by atoms with E-state index in [1.165, 1.54) is 0 Å². The van der Waals surface area contributed by atoms with Gasteiger partial charge in [0.1, 0.15) is 5.69 Å². The van der Waals surface area contributed by atoms with Gasteiger partial charge in [-0.2, -0.15) is 0 Å². The van der Waals surface area contributed by atoms with Crippen molar-refractivity contribution in [2.45, 2.75) is 0 Å². The van der Waals surface area contributed by atoms with Crippen LogP contribution in [-0.4, -0.2) is 6.79 Å². The normalized spacial score (nSPS) is 12.5. The molecule has 4 nitrogen and oxygen atoms in total. The van der Waals surface area contributed by atoms with E-state index in [0.717, 1.165) is 12.1 Å². The van der Waals surface area contributed by atoms with E-state index in [9.17, 15) is 8.78 Å². The molecule has 0 saturated heterocycles. The van der Waals surface area contributed by atoms with E-state index in [2.05, 4.69) is 5.32 Å². The standard InChI is InChI=1S/C13H10F2N2O2/c14-9-3-7(16)4-10(15)13(9)17-8-1-2-11-12(5-8)19-6-18-11/h1-5,17H,6,16H2. The lowest BCUT2D eigenvalue weighted by Crippen LogP contribution is -1.99. The molecule has 0 atom stereocenters. The molecular weight excluding hydrogens is 254 g/mol. The second-order valence-corrected chi connectivity index (χ2v) is 4.05. The summed E-state index contributed by atoms with van der Waals surface area (Å²) >= 11 is 0. The Labute approximate surface area is 107 Å². The fraction of sp³-hybridized carbons (Fsp3) is 0.0769. The van der Waals surface area contributed by atoms with Crippen LogP contribution in [0.5, 0.6) is 11.5 Å². The minimum absolute atomic E-state index is 0.0336. The molecule has 0 aliphatic carbocycles. The highest BCUT2D eigenvalue weighted by molar-refractivity contribution is 5.66. The molecule has 0 unspecified atom stereocenters. The quantitative estimate of drug-likeness (QED) is 0.819. The molecule has 0 spiro atoms. The Morgan fingerprint density at radius 1 is 1.00 bits per heavy atom. The molecule has 1 heterocycles. The molecule has 2 aromatic carbocycles. The lowest BCUT2D eigenvalue weighted by molar-refractivity contribution is 0.174. The molecular formula is C13H10F2N2O2. The Morgan fingerprint density at radius 3 is 2.42 bits per heavy atom. The van der Waals surface area contributed by atoms with Crippen LogP contribution in [0.15, 0.2) is 30.3 Å². The maximum absolute atomic E-state index is 13.6. The van der Waals surface area contributed by atoms with Crippen LogP contribution in [0.1, 0.15) is 0 Å². The number of hydrogen-bond acceptors (Lipinski definition) is 4. The number of hydrogen-bond donors (Lipinski definition) is 2. The summed E-state index contributed by atoms with van der Waals surface area (Å²) in [5.74, 6) is -0.379. The van der Waals surface area contributed by atoms with Crippen molar-refractivity contribution in [3.05, 3.63) is 42.0 Å². The number of rotatable bonds is 2. The summed E-state index contributed by atoms with van der Waals surface area (Å²) < 4.78 is 37.6. The topological polar surface area (TPSA) is 56.5 Å². The number of fused-ring (bicyclic) bond motifs is 1. The van der Waals surface area contributed by atoms with Crippen molar-refractivity contribution in [1.82, 2.24) is 0 Å². The Morgan fingerprint density at radius 2 is 1.68 bits per heavy atom. The molecule has 98 valence electrons. The lowest BCUT2D eigenvalue weighted by atomic mass is 10.2. The first-order valence-electron chi connectivity index (χ1n) is 5.54. The van der Waals surface area contributed by atoms with E-state index in [0.29, 0.717) is 17.2 Å². The predicted octanol–water partition coefficient (Wildman–Crippen LogP) is 3.02. The Kier molecular flexibility index (Phi) is 2.63. The summed E-state index contributed by atoms with van der Waals surface area (Å²) in [5.41, 5.74) is 5.62. The largest absolute Gasteiger partial charge is 0.454 e. The molecule has 0 radical (unpaired) electrons. The highest BCUT2D eigenvalue weighted by atomic mass is 19.1. The van der Waals surface area contributed by atoms with Gasteiger partial charge in [0.25, 0.3) is 0 Å². The smallest absolute Gasteiger partial charge is 0.231 e. The second kappa shape index (κ2) is 4.31. The molecule has 19 heavy (non-hydrogen) atoms. The van der Waals surface area contributed by atoms with Gasteiger partial charge in [0.2, 0.25) is 6.79 Å². The lowest BCUT2D eigenvalue weighted by Gasteiger charge is -2.10. The van der Waals surface area contributed by atoms with Crippen molar-refractivity contribution in [3.8, 4) is 11.5 Å². The average molecular weight is 264 g/mol.